The molecule has 0 unspecified atom stereocenters. The molecule has 5 heteroatoms. The molecule has 1 aliphatic heterocycles. The van der Waals surface area contributed by atoms with E-state index in [9.17, 15) is 4.79 Å². The van der Waals surface area contributed by atoms with Crippen LogP contribution in [0.15, 0.2) is 18.2 Å². The first kappa shape index (κ1) is 13.7. The summed E-state index contributed by atoms with van der Waals surface area (Å²) in [4.78, 5) is 11.7. The van der Waals surface area contributed by atoms with Gasteiger partial charge in [0.15, 0.2) is 0 Å². The second-order valence-electron chi connectivity index (χ2n) is 4.56. The molecule has 5 nitrogen and oxygen atoms in total. The van der Waals surface area contributed by atoms with Gasteiger partial charge in [0, 0.05) is 6.61 Å². The maximum absolute atomic E-state index is 11.7. The lowest BCUT2D eigenvalue weighted by atomic mass is 10.2. The maximum Gasteiger partial charge on any atom is 0.411 e. The molecule has 1 fully saturated rings. The van der Waals surface area contributed by atoms with Crippen molar-refractivity contribution in [1.29, 1.82) is 0 Å². The molecule has 1 aliphatic rings. The molecular weight excluding hydrogens is 246 g/mol. The summed E-state index contributed by atoms with van der Waals surface area (Å²) in [6, 6.07) is 5.57. The molecule has 19 heavy (non-hydrogen) atoms. The highest BCUT2D eigenvalue weighted by Gasteiger charge is 2.18. The molecule has 0 radical (unpaired) electrons. The smallest absolute Gasteiger partial charge is 0.411 e. The minimum Gasteiger partial charge on any atom is -0.495 e. The second kappa shape index (κ2) is 6.43. The van der Waals surface area contributed by atoms with E-state index < -0.39 is 6.09 Å². The van der Waals surface area contributed by atoms with Gasteiger partial charge in [-0.15, -0.1) is 0 Å². The fourth-order valence-electron chi connectivity index (χ4n) is 2.01. The Bertz CT molecular complexity index is 441. The standard InChI is InChI=1S/C14H19NO4/c1-10-5-6-13(17-2)12(8-10)15-14(16)19-9-11-4-3-7-18-11/h5-6,8,11H,3-4,7,9H2,1-2H3,(H,15,16)/t11-/m0/s1. The van der Waals surface area contributed by atoms with Crippen LogP contribution >= 0.6 is 0 Å². The third kappa shape index (κ3) is 3.86. The van der Waals surface area contributed by atoms with Crippen molar-refractivity contribution in [1.82, 2.24) is 0 Å². The van der Waals surface area contributed by atoms with Crippen molar-refractivity contribution in [2.24, 2.45) is 0 Å². The number of hydrogen-bond donors (Lipinski definition) is 1. The Labute approximate surface area is 112 Å². The maximum atomic E-state index is 11.7. The molecule has 0 bridgehead atoms. The highest BCUT2D eigenvalue weighted by molar-refractivity contribution is 5.86. The fourth-order valence-corrected chi connectivity index (χ4v) is 2.01. The Balaban J connectivity index is 1.88. The number of benzene rings is 1. The van der Waals surface area contributed by atoms with E-state index in [-0.39, 0.29) is 6.10 Å². The van der Waals surface area contributed by atoms with E-state index in [0.29, 0.717) is 18.0 Å². The van der Waals surface area contributed by atoms with Gasteiger partial charge >= 0.3 is 6.09 Å². The molecule has 1 atom stereocenters. The first-order valence-corrected chi connectivity index (χ1v) is 6.39. The number of methoxy groups -OCH3 is 1. The average Bonchev–Trinajstić information content (AvgIpc) is 2.90. The number of carbonyl (C=O) groups excluding carboxylic acids is 1. The second-order valence-corrected chi connectivity index (χ2v) is 4.56. The number of rotatable bonds is 4. The minimum absolute atomic E-state index is 0.0326. The Kier molecular flexibility index (Phi) is 4.63. The molecule has 1 N–H and O–H groups in total. The van der Waals surface area contributed by atoms with Crippen molar-refractivity contribution in [3.63, 3.8) is 0 Å². The Morgan fingerprint density at radius 3 is 3.05 bits per heavy atom. The highest BCUT2D eigenvalue weighted by Crippen LogP contribution is 2.25. The zero-order valence-corrected chi connectivity index (χ0v) is 11.3. The predicted octanol–water partition coefficient (Wildman–Crippen LogP) is 2.73. The van der Waals surface area contributed by atoms with Gasteiger partial charge in [-0.25, -0.2) is 4.79 Å². The number of hydrogen-bond acceptors (Lipinski definition) is 4. The molecule has 2 rings (SSSR count). The minimum atomic E-state index is -0.487. The molecule has 0 spiro atoms. The van der Waals surface area contributed by atoms with Crippen molar-refractivity contribution in [3.8, 4) is 5.75 Å². The molecule has 1 aromatic carbocycles. The van der Waals surface area contributed by atoms with Crippen LogP contribution in [0.4, 0.5) is 10.5 Å². The van der Waals surface area contributed by atoms with E-state index >= 15 is 0 Å². The summed E-state index contributed by atoms with van der Waals surface area (Å²) in [6.07, 6.45) is 1.52. The van der Waals surface area contributed by atoms with E-state index in [4.69, 9.17) is 14.2 Å². The zero-order valence-electron chi connectivity index (χ0n) is 11.3. The largest absolute Gasteiger partial charge is 0.495 e. The Hall–Kier alpha value is -1.75. The van der Waals surface area contributed by atoms with Gasteiger partial charge in [-0.2, -0.15) is 0 Å². The van der Waals surface area contributed by atoms with Crippen molar-refractivity contribution in [3.05, 3.63) is 23.8 Å². The SMILES string of the molecule is COc1ccc(C)cc1NC(=O)OC[C@@H]1CCCO1. The van der Waals surface area contributed by atoms with Crippen molar-refractivity contribution in [2.75, 3.05) is 25.6 Å². The molecule has 104 valence electrons. The van der Waals surface area contributed by atoms with Crippen LogP contribution in [0.1, 0.15) is 18.4 Å². The van der Waals surface area contributed by atoms with Crippen LogP contribution in [0.2, 0.25) is 0 Å². The number of ether oxygens (including phenoxy) is 3. The third-order valence-corrected chi connectivity index (χ3v) is 3.02. The highest BCUT2D eigenvalue weighted by atomic mass is 16.6. The molecule has 0 saturated carbocycles. The van der Waals surface area contributed by atoms with Crippen LogP contribution in [0.25, 0.3) is 0 Å². The van der Waals surface area contributed by atoms with Crippen molar-refractivity contribution < 1.29 is 19.0 Å². The summed E-state index contributed by atoms with van der Waals surface area (Å²) in [5.41, 5.74) is 1.65. The van der Waals surface area contributed by atoms with E-state index in [2.05, 4.69) is 5.32 Å². The third-order valence-electron chi connectivity index (χ3n) is 3.02. The van der Waals surface area contributed by atoms with Crippen LogP contribution in [0, 0.1) is 6.92 Å². The first-order chi connectivity index (χ1) is 9.19. The molecule has 1 heterocycles. The van der Waals surface area contributed by atoms with Gasteiger partial charge < -0.3 is 14.2 Å². The number of carbonyl (C=O) groups is 1. The molecular formula is C14H19NO4. The zero-order chi connectivity index (χ0) is 13.7. The number of amides is 1. The Morgan fingerprint density at radius 2 is 2.37 bits per heavy atom. The van der Waals surface area contributed by atoms with Gasteiger partial charge in [0.25, 0.3) is 0 Å². The molecule has 0 aromatic heterocycles. The molecule has 1 amide bonds. The van der Waals surface area contributed by atoms with Gasteiger partial charge in [-0.05, 0) is 37.5 Å². The number of aryl methyl sites for hydroxylation is 1. The van der Waals surface area contributed by atoms with E-state index in [0.717, 1.165) is 25.0 Å². The summed E-state index contributed by atoms with van der Waals surface area (Å²) in [6.45, 7) is 2.99. The lowest BCUT2D eigenvalue weighted by Crippen LogP contribution is -2.21. The lowest BCUT2D eigenvalue weighted by Gasteiger charge is -2.13. The van der Waals surface area contributed by atoms with Gasteiger partial charge in [-0.1, -0.05) is 6.07 Å². The van der Waals surface area contributed by atoms with Crippen LogP contribution in [0.5, 0.6) is 5.75 Å². The predicted molar refractivity (Wildman–Crippen MR) is 71.7 cm³/mol. The number of nitrogens with one attached hydrogen (secondary N) is 1. The number of anilines is 1. The summed E-state index contributed by atoms with van der Waals surface area (Å²) in [5.74, 6) is 0.611. The quantitative estimate of drug-likeness (QED) is 0.909. The Morgan fingerprint density at radius 1 is 1.53 bits per heavy atom. The summed E-state index contributed by atoms with van der Waals surface area (Å²) in [7, 11) is 1.56. The van der Waals surface area contributed by atoms with Crippen molar-refractivity contribution >= 4 is 11.8 Å². The summed E-state index contributed by atoms with van der Waals surface area (Å²) >= 11 is 0. The fraction of sp³-hybridized carbons (Fsp3) is 0.500. The topological polar surface area (TPSA) is 56.8 Å². The van der Waals surface area contributed by atoms with Gasteiger partial charge in [0.1, 0.15) is 12.4 Å². The van der Waals surface area contributed by atoms with Crippen LogP contribution < -0.4 is 10.1 Å². The van der Waals surface area contributed by atoms with E-state index in [1.165, 1.54) is 0 Å². The molecule has 1 aromatic rings. The van der Waals surface area contributed by atoms with Gasteiger partial charge in [0.2, 0.25) is 0 Å². The van der Waals surface area contributed by atoms with Gasteiger partial charge in [0.05, 0.1) is 18.9 Å². The van der Waals surface area contributed by atoms with Crippen molar-refractivity contribution in [2.45, 2.75) is 25.9 Å². The van der Waals surface area contributed by atoms with Crippen LogP contribution in [-0.2, 0) is 9.47 Å². The van der Waals surface area contributed by atoms with E-state index in [1.54, 1.807) is 7.11 Å². The lowest BCUT2D eigenvalue weighted by molar-refractivity contribution is 0.0484. The van der Waals surface area contributed by atoms with Crippen LogP contribution in [-0.4, -0.2) is 32.5 Å². The van der Waals surface area contributed by atoms with Gasteiger partial charge in [-0.3, -0.25) is 5.32 Å². The monoisotopic (exact) mass is 265 g/mol. The molecule has 0 aliphatic carbocycles. The average molecular weight is 265 g/mol. The summed E-state index contributed by atoms with van der Waals surface area (Å²) < 4.78 is 15.7. The molecule has 1 saturated heterocycles. The normalized spacial score (nSPS) is 18.1. The first-order valence-electron chi connectivity index (χ1n) is 6.39. The van der Waals surface area contributed by atoms with Crippen LogP contribution in [0.3, 0.4) is 0 Å². The van der Waals surface area contributed by atoms with E-state index in [1.807, 2.05) is 25.1 Å². The summed E-state index contributed by atoms with van der Waals surface area (Å²) in [5, 5.41) is 2.68.